The third-order valence-electron chi connectivity index (χ3n) is 15.5. The number of alkyl halides is 10. The largest absolute Gasteiger partial charge is 0.496 e. The number of hydrogen-bond acceptors (Lipinski definition) is 13. The molecule has 0 aromatic carbocycles. The highest BCUT2D eigenvalue weighted by Crippen LogP contribution is 2.38. The smallest absolute Gasteiger partial charge is 0.423 e. The summed E-state index contributed by atoms with van der Waals surface area (Å²) in [6, 6.07) is 14.2. The van der Waals surface area contributed by atoms with Gasteiger partial charge >= 0.3 is 37.9 Å². The quantitative estimate of drug-likeness (QED) is 0.0674. The van der Waals surface area contributed by atoms with Crippen LogP contribution >= 0.6 is 47.8 Å². The summed E-state index contributed by atoms with van der Waals surface area (Å²) in [5.74, 6) is -14.9. The van der Waals surface area contributed by atoms with Crippen molar-refractivity contribution in [3.8, 4) is 0 Å². The van der Waals surface area contributed by atoms with Gasteiger partial charge in [0.15, 0.2) is 0 Å². The van der Waals surface area contributed by atoms with Crippen LogP contribution in [0.25, 0.3) is 0 Å². The molecule has 13 nitrogen and oxygen atoms in total. The highest BCUT2D eigenvalue weighted by atomic mass is 79.9. The van der Waals surface area contributed by atoms with Gasteiger partial charge in [-0.2, -0.15) is 43.9 Å². The van der Waals surface area contributed by atoms with Gasteiger partial charge in [0.1, 0.15) is 35.1 Å². The minimum absolute atomic E-state index is 0. The van der Waals surface area contributed by atoms with Gasteiger partial charge in [0, 0.05) is 42.2 Å². The van der Waals surface area contributed by atoms with E-state index in [-0.39, 0.29) is 67.4 Å². The van der Waals surface area contributed by atoms with Crippen LogP contribution < -0.4 is 10.9 Å². The predicted molar refractivity (Wildman–Crippen MR) is 334 cm³/mol. The van der Waals surface area contributed by atoms with Gasteiger partial charge in [-0.3, -0.25) is 39.6 Å². The molecule has 4 aliphatic rings. The predicted octanol–water partition coefficient (Wildman–Crippen LogP) is 13.0. The van der Waals surface area contributed by atoms with Crippen LogP contribution in [-0.4, -0.2) is 146 Å². The van der Waals surface area contributed by atoms with E-state index in [9.17, 15) is 43.9 Å². The number of pyridine rings is 5. The summed E-state index contributed by atoms with van der Waals surface area (Å²) in [5, 5.41) is 26.5. The topological polar surface area (TPSA) is 153 Å². The first-order valence-electron chi connectivity index (χ1n) is 28.6. The minimum Gasteiger partial charge on any atom is -0.423 e. The van der Waals surface area contributed by atoms with E-state index in [4.69, 9.17) is 24.5 Å². The monoisotopic (exact) mass is 1440 g/mol. The number of aryl methyl sites for hydroxylation is 5. The summed E-state index contributed by atoms with van der Waals surface area (Å²) in [4.78, 5) is 24.8. The molecule has 9 heterocycles. The molecule has 3 N–H and O–H groups in total. The Balaban J connectivity index is 0.000000240. The van der Waals surface area contributed by atoms with Crippen molar-refractivity contribution in [3.63, 3.8) is 0 Å². The fourth-order valence-corrected chi connectivity index (χ4v) is 10.1. The molecule has 0 radical (unpaired) electrons. The molecule has 0 aliphatic carbocycles. The van der Waals surface area contributed by atoms with Crippen LogP contribution in [0.4, 0.5) is 43.9 Å². The summed E-state index contributed by atoms with van der Waals surface area (Å²) < 4.78 is 152. The molecular formula is C60H81B2Br3F10N8O5. The second-order valence-electron chi connectivity index (χ2n) is 23.0. The molecule has 0 unspecified atom stereocenters. The molecule has 4 saturated heterocycles. The molecule has 5 aromatic heterocycles. The van der Waals surface area contributed by atoms with E-state index in [1.807, 2.05) is 27.7 Å². The third-order valence-corrected chi connectivity index (χ3v) is 18.0. The van der Waals surface area contributed by atoms with Gasteiger partial charge < -0.3 is 24.5 Å². The van der Waals surface area contributed by atoms with Gasteiger partial charge in [0.25, 0.3) is 5.92 Å². The average molecular weight is 1450 g/mol. The Labute approximate surface area is 536 Å². The molecule has 4 aliphatic heterocycles. The Hall–Kier alpha value is -3.70. The highest BCUT2D eigenvalue weighted by molar-refractivity contribution is 9.11. The second kappa shape index (κ2) is 32.2. The van der Waals surface area contributed by atoms with Crippen molar-refractivity contribution in [2.24, 2.45) is 0 Å². The molecule has 0 amide bonds. The number of likely N-dealkylation sites (tertiary alicyclic amines) is 3. The number of aliphatic hydroxyl groups excluding tert-OH is 1. The van der Waals surface area contributed by atoms with Gasteiger partial charge in [-0.05, 0) is 236 Å². The molecular weight excluding hydrogens is 1360 g/mol. The van der Waals surface area contributed by atoms with Crippen molar-refractivity contribution in [1.29, 1.82) is 0 Å². The van der Waals surface area contributed by atoms with E-state index >= 15 is 0 Å². The van der Waals surface area contributed by atoms with E-state index in [1.165, 1.54) is 50.2 Å². The first kappa shape index (κ1) is 76.8. The zero-order valence-corrected chi connectivity index (χ0v) is 55.4. The van der Waals surface area contributed by atoms with E-state index in [1.54, 1.807) is 60.6 Å². The zero-order chi connectivity index (χ0) is 65.1. The average Bonchev–Trinajstić information content (AvgIpc) is 1.66. The molecule has 4 fully saturated rings. The minimum atomic E-state index is -3.26. The van der Waals surface area contributed by atoms with E-state index in [0.717, 1.165) is 79.7 Å². The number of halogens is 13. The standard InChI is InChI=1S/C18H27BF2N2O2.C12H17BF2N2O2.C12H15BrF2N2.C9H10BrF2N.C8H8BrF2NO.CH4/c1-13-14(19-24-16(2,3)17(4,5)25-19)8-9-15(22-13)18(20,21)12-23-10-6-7-11-23;1-9-10(13(18)19)4-5-11(16-9)12(14,15)8-17-6-2-3-7-17;1-9-10(13)4-5-11(16-9)12(14,15)8-17-6-2-3-7-17;1-3-9(11,12)8-5-4-7(10)6(2)13-8;1-5-6(9)2-3-7(12-5)8(10,11)4-13;/h8-9H,6-7,10-12H2,1-5H3;4-5,18-19H,2-3,6-8H2,1H3;4-5H,2-3,6-8H2,1H3;4-5H,3H2,1-2H3;2-3,13H,4H2,1H3;1H4. The van der Waals surface area contributed by atoms with Crippen molar-refractivity contribution >= 4 is 73.0 Å². The molecule has 0 bridgehead atoms. The molecule has 9 rings (SSSR count). The lowest BCUT2D eigenvalue weighted by atomic mass is 9.78. The van der Waals surface area contributed by atoms with Crippen molar-refractivity contribution in [3.05, 3.63) is 131 Å². The SMILES string of the molecule is C.CCC(F)(F)c1ccc(Br)c(C)n1.Cc1nc(C(F)(F)CN2CCCC2)ccc1B(O)O.Cc1nc(C(F)(F)CN2CCCC2)ccc1B1OC(C)(C)C(C)(C)O1.Cc1nc(C(F)(F)CN2CCCC2)ccc1Br.Cc1nc(C(F)(F)CO)ccc1Br. The Morgan fingerprint density at radius 2 is 0.750 bits per heavy atom. The second-order valence-corrected chi connectivity index (χ2v) is 25.5. The lowest BCUT2D eigenvalue weighted by molar-refractivity contribution is -0.0593. The third kappa shape index (κ3) is 21.2. The van der Waals surface area contributed by atoms with Crippen molar-refractivity contribution < 1.29 is 68.4 Å². The molecule has 0 spiro atoms. The van der Waals surface area contributed by atoms with Crippen LogP contribution in [0.5, 0.6) is 0 Å². The van der Waals surface area contributed by atoms with E-state index in [2.05, 4.69) is 72.7 Å². The van der Waals surface area contributed by atoms with Crippen LogP contribution in [0.1, 0.15) is 144 Å². The maximum atomic E-state index is 14.6. The van der Waals surface area contributed by atoms with Crippen molar-refractivity contribution in [1.82, 2.24) is 39.6 Å². The normalized spacial score (nSPS) is 17.2. The Bertz CT molecular complexity index is 2970. The van der Waals surface area contributed by atoms with Gasteiger partial charge in [0.05, 0.1) is 47.9 Å². The highest BCUT2D eigenvalue weighted by Gasteiger charge is 2.52. The summed E-state index contributed by atoms with van der Waals surface area (Å²) in [5.41, 5.74) is 1.13. The fraction of sp³-hybridized carbons (Fsp3) is 0.583. The van der Waals surface area contributed by atoms with Crippen LogP contribution in [0.15, 0.2) is 74.1 Å². The van der Waals surface area contributed by atoms with Crippen LogP contribution in [0, 0.1) is 34.6 Å². The van der Waals surface area contributed by atoms with Crippen LogP contribution in [0.2, 0.25) is 0 Å². The first-order chi connectivity index (χ1) is 40.3. The number of aliphatic hydroxyl groups is 1. The molecule has 488 valence electrons. The summed E-state index contributed by atoms with van der Waals surface area (Å²) >= 11 is 9.63. The Morgan fingerprint density at radius 3 is 1.03 bits per heavy atom. The van der Waals surface area contributed by atoms with Crippen LogP contribution in [0.3, 0.4) is 0 Å². The zero-order valence-electron chi connectivity index (χ0n) is 50.6. The van der Waals surface area contributed by atoms with Gasteiger partial charge in [0.2, 0.25) is 0 Å². The van der Waals surface area contributed by atoms with Gasteiger partial charge in [-0.15, -0.1) is 0 Å². The Morgan fingerprint density at radius 1 is 0.466 bits per heavy atom. The number of nitrogens with zero attached hydrogens (tertiary/aromatic N) is 8. The maximum absolute atomic E-state index is 14.6. The molecule has 0 saturated carbocycles. The fourth-order valence-electron chi connectivity index (χ4n) is 9.46. The lowest BCUT2D eigenvalue weighted by Gasteiger charge is -2.32. The number of aromatic nitrogens is 5. The van der Waals surface area contributed by atoms with Crippen molar-refractivity contribution in [2.75, 3.05) is 65.5 Å². The van der Waals surface area contributed by atoms with Crippen molar-refractivity contribution in [2.45, 2.75) is 162 Å². The molecule has 88 heavy (non-hydrogen) atoms. The molecule has 0 atom stereocenters. The lowest BCUT2D eigenvalue weighted by Crippen LogP contribution is -2.41. The Kier molecular flexibility index (Phi) is 28.1. The van der Waals surface area contributed by atoms with Crippen LogP contribution in [-0.2, 0) is 38.9 Å². The summed E-state index contributed by atoms with van der Waals surface area (Å²) in [7, 11) is -2.27. The number of hydrogen-bond donors (Lipinski definition) is 3. The molecule has 5 aromatic rings. The first-order valence-corrected chi connectivity index (χ1v) is 31.0. The molecule has 28 heteroatoms. The van der Waals surface area contributed by atoms with Gasteiger partial charge in [-0.1, -0.05) is 26.5 Å². The maximum Gasteiger partial charge on any atom is 0.496 e. The van der Waals surface area contributed by atoms with E-state index < -0.39 is 67.4 Å². The number of rotatable bonds is 15. The van der Waals surface area contributed by atoms with E-state index in [0.29, 0.717) is 45.8 Å². The summed E-state index contributed by atoms with van der Waals surface area (Å²) in [6.45, 7) is 19.9. The summed E-state index contributed by atoms with van der Waals surface area (Å²) in [6.07, 6.45) is 5.70. The van der Waals surface area contributed by atoms with Gasteiger partial charge in [-0.25, -0.2) is 0 Å².